The van der Waals surface area contributed by atoms with Crippen LogP contribution in [0.3, 0.4) is 0 Å². The van der Waals surface area contributed by atoms with Crippen molar-refractivity contribution in [2.24, 2.45) is 5.73 Å². The molecule has 1 rings (SSSR count). The SMILES string of the molecule is CN(C)c1ccc(F)cc1[C@H](O)CCN. The molecule has 0 saturated heterocycles. The number of aliphatic hydroxyl groups is 1. The van der Waals surface area contributed by atoms with Gasteiger partial charge in [-0.05, 0) is 31.2 Å². The van der Waals surface area contributed by atoms with Crippen LogP contribution in [-0.4, -0.2) is 25.7 Å². The maximum atomic E-state index is 13.1. The topological polar surface area (TPSA) is 49.5 Å². The lowest BCUT2D eigenvalue weighted by Gasteiger charge is -2.20. The van der Waals surface area contributed by atoms with Crippen LogP contribution in [0.1, 0.15) is 18.1 Å². The lowest BCUT2D eigenvalue weighted by molar-refractivity contribution is 0.170. The third-order valence-electron chi connectivity index (χ3n) is 2.27. The molecule has 0 unspecified atom stereocenters. The lowest BCUT2D eigenvalue weighted by atomic mass is 10.0. The van der Waals surface area contributed by atoms with Crippen LogP contribution < -0.4 is 10.6 Å². The van der Waals surface area contributed by atoms with E-state index in [1.165, 1.54) is 12.1 Å². The van der Waals surface area contributed by atoms with Gasteiger partial charge in [0.2, 0.25) is 0 Å². The first-order chi connectivity index (χ1) is 7.06. The van der Waals surface area contributed by atoms with E-state index in [4.69, 9.17) is 5.73 Å². The fourth-order valence-corrected chi connectivity index (χ4v) is 1.51. The number of benzene rings is 1. The molecule has 3 nitrogen and oxygen atoms in total. The molecule has 0 radical (unpaired) electrons. The number of hydrogen-bond donors (Lipinski definition) is 2. The summed E-state index contributed by atoms with van der Waals surface area (Å²) in [6.45, 7) is 0.380. The van der Waals surface area contributed by atoms with Gasteiger partial charge in [0.05, 0.1) is 6.10 Å². The molecule has 1 atom stereocenters. The van der Waals surface area contributed by atoms with E-state index in [0.29, 0.717) is 18.5 Å². The summed E-state index contributed by atoms with van der Waals surface area (Å²) in [5.41, 5.74) is 6.77. The first-order valence-electron chi connectivity index (χ1n) is 4.91. The number of rotatable bonds is 4. The van der Waals surface area contributed by atoms with Gasteiger partial charge in [-0.3, -0.25) is 0 Å². The average molecular weight is 212 g/mol. The number of nitrogens with zero attached hydrogens (tertiary/aromatic N) is 1. The maximum absolute atomic E-state index is 13.1. The minimum Gasteiger partial charge on any atom is -0.388 e. The quantitative estimate of drug-likeness (QED) is 0.790. The first kappa shape index (κ1) is 11.9. The van der Waals surface area contributed by atoms with Crippen LogP contribution in [0.5, 0.6) is 0 Å². The molecule has 0 aromatic heterocycles. The van der Waals surface area contributed by atoms with Crippen molar-refractivity contribution in [2.75, 3.05) is 25.5 Å². The van der Waals surface area contributed by atoms with Crippen molar-refractivity contribution in [3.63, 3.8) is 0 Å². The van der Waals surface area contributed by atoms with Gasteiger partial charge in [-0.25, -0.2) is 4.39 Å². The van der Waals surface area contributed by atoms with Crippen LogP contribution in [0.15, 0.2) is 18.2 Å². The molecule has 3 N–H and O–H groups in total. The predicted octanol–water partition coefficient (Wildman–Crippen LogP) is 1.27. The second-order valence-corrected chi connectivity index (χ2v) is 3.69. The summed E-state index contributed by atoms with van der Waals surface area (Å²) in [5, 5.41) is 9.80. The fourth-order valence-electron chi connectivity index (χ4n) is 1.51. The lowest BCUT2D eigenvalue weighted by Crippen LogP contribution is -2.15. The molecule has 15 heavy (non-hydrogen) atoms. The van der Waals surface area contributed by atoms with Crippen molar-refractivity contribution in [3.05, 3.63) is 29.6 Å². The minimum atomic E-state index is -0.705. The summed E-state index contributed by atoms with van der Waals surface area (Å²) < 4.78 is 13.1. The standard InChI is InChI=1S/C11H17FN2O/c1-14(2)10-4-3-8(12)7-9(10)11(15)5-6-13/h3-4,7,11,15H,5-6,13H2,1-2H3/t11-/m1/s1. The molecule has 4 heteroatoms. The highest BCUT2D eigenvalue weighted by molar-refractivity contribution is 5.53. The van der Waals surface area contributed by atoms with Gasteiger partial charge in [0.1, 0.15) is 5.82 Å². The first-order valence-corrected chi connectivity index (χ1v) is 4.91. The normalized spacial score (nSPS) is 12.6. The van der Waals surface area contributed by atoms with E-state index < -0.39 is 6.10 Å². The van der Waals surface area contributed by atoms with Crippen LogP contribution in [-0.2, 0) is 0 Å². The number of aliphatic hydroxyl groups excluding tert-OH is 1. The molecule has 0 fully saturated rings. The zero-order chi connectivity index (χ0) is 11.4. The van der Waals surface area contributed by atoms with Crippen molar-refractivity contribution < 1.29 is 9.50 Å². The third-order valence-corrected chi connectivity index (χ3v) is 2.27. The van der Waals surface area contributed by atoms with Crippen molar-refractivity contribution in [2.45, 2.75) is 12.5 Å². The molecule has 0 aliphatic carbocycles. The summed E-state index contributed by atoms with van der Waals surface area (Å²) in [6.07, 6.45) is -0.271. The highest BCUT2D eigenvalue weighted by Crippen LogP contribution is 2.27. The molecular weight excluding hydrogens is 195 g/mol. The van der Waals surface area contributed by atoms with Crippen molar-refractivity contribution in [3.8, 4) is 0 Å². The predicted molar refractivity (Wildman–Crippen MR) is 59.4 cm³/mol. The van der Waals surface area contributed by atoms with E-state index >= 15 is 0 Å². The van der Waals surface area contributed by atoms with E-state index in [-0.39, 0.29) is 5.82 Å². The van der Waals surface area contributed by atoms with E-state index in [0.717, 1.165) is 5.69 Å². The summed E-state index contributed by atoms with van der Waals surface area (Å²) in [4.78, 5) is 1.84. The van der Waals surface area contributed by atoms with Crippen molar-refractivity contribution in [1.29, 1.82) is 0 Å². The molecule has 0 amide bonds. The van der Waals surface area contributed by atoms with Crippen molar-refractivity contribution in [1.82, 2.24) is 0 Å². The monoisotopic (exact) mass is 212 g/mol. The Morgan fingerprint density at radius 1 is 1.47 bits per heavy atom. The molecule has 0 aliphatic heterocycles. The molecule has 1 aromatic carbocycles. The second-order valence-electron chi connectivity index (χ2n) is 3.69. The Hall–Kier alpha value is -1.13. The molecule has 0 saturated carbocycles. The fraction of sp³-hybridized carbons (Fsp3) is 0.455. The zero-order valence-electron chi connectivity index (χ0n) is 9.07. The summed E-state index contributed by atoms with van der Waals surface area (Å²) >= 11 is 0. The third kappa shape index (κ3) is 2.91. The summed E-state index contributed by atoms with van der Waals surface area (Å²) in [5.74, 6) is -0.341. The van der Waals surface area contributed by atoms with Gasteiger partial charge in [-0.1, -0.05) is 0 Å². The van der Waals surface area contributed by atoms with Crippen LogP contribution >= 0.6 is 0 Å². The minimum absolute atomic E-state index is 0.341. The number of nitrogens with two attached hydrogens (primary N) is 1. The number of halogens is 1. The van der Waals surface area contributed by atoms with Gasteiger partial charge in [0.15, 0.2) is 0 Å². The van der Waals surface area contributed by atoms with E-state index in [2.05, 4.69) is 0 Å². The largest absolute Gasteiger partial charge is 0.388 e. The second kappa shape index (κ2) is 5.09. The number of hydrogen-bond acceptors (Lipinski definition) is 3. The maximum Gasteiger partial charge on any atom is 0.123 e. The van der Waals surface area contributed by atoms with E-state index in [1.807, 2.05) is 19.0 Å². The Labute approximate surface area is 89.3 Å². The van der Waals surface area contributed by atoms with Gasteiger partial charge in [-0.2, -0.15) is 0 Å². The van der Waals surface area contributed by atoms with Crippen LogP contribution in [0.25, 0.3) is 0 Å². The molecule has 0 bridgehead atoms. The van der Waals surface area contributed by atoms with E-state index in [1.54, 1.807) is 6.07 Å². The molecule has 0 spiro atoms. The average Bonchev–Trinajstić information content (AvgIpc) is 2.17. The molecule has 84 valence electrons. The Kier molecular flexibility index (Phi) is 4.05. The highest BCUT2D eigenvalue weighted by Gasteiger charge is 2.13. The van der Waals surface area contributed by atoms with Gasteiger partial charge in [0, 0.05) is 25.3 Å². The Morgan fingerprint density at radius 2 is 2.13 bits per heavy atom. The van der Waals surface area contributed by atoms with Crippen LogP contribution in [0.4, 0.5) is 10.1 Å². The van der Waals surface area contributed by atoms with Crippen LogP contribution in [0.2, 0.25) is 0 Å². The smallest absolute Gasteiger partial charge is 0.123 e. The van der Waals surface area contributed by atoms with Crippen LogP contribution in [0, 0.1) is 5.82 Å². The molecule has 1 aromatic rings. The van der Waals surface area contributed by atoms with Gasteiger partial charge in [0.25, 0.3) is 0 Å². The van der Waals surface area contributed by atoms with E-state index in [9.17, 15) is 9.50 Å². The Balaban J connectivity index is 3.06. The van der Waals surface area contributed by atoms with Gasteiger partial charge < -0.3 is 15.7 Å². The Morgan fingerprint density at radius 3 is 2.67 bits per heavy atom. The zero-order valence-corrected chi connectivity index (χ0v) is 9.07. The van der Waals surface area contributed by atoms with Gasteiger partial charge in [-0.15, -0.1) is 0 Å². The summed E-state index contributed by atoms with van der Waals surface area (Å²) in [6, 6.07) is 4.40. The molecular formula is C11H17FN2O. The summed E-state index contributed by atoms with van der Waals surface area (Å²) in [7, 11) is 3.71. The number of anilines is 1. The highest BCUT2D eigenvalue weighted by atomic mass is 19.1. The van der Waals surface area contributed by atoms with Crippen molar-refractivity contribution >= 4 is 5.69 Å². The molecule has 0 aliphatic rings. The van der Waals surface area contributed by atoms with Gasteiger partial charge >= 0.3 is 0 Å². The Bertz CT molecular complexity index is 328. The molecule has 0 heterocycles.